The zero-order valence-electron chi connectivity index (χ0n) is 17.3. The summed E-state index contributed by atoms with van der Waals surface area (Å²) in [5, 5.41) is 14.1. The van der Waals surface area contributed by atoms with Gasteiger partial charge < -0.3 is 24.4 Å². The van der Waals surface area contributed by atoms with Crippen molar-refractivity contribution in [3.8, 4) is 11.5 Å². The summed E-state index contributed by atoms with van der Waals surface area (Å²) in [6.45, 7) is 0.916. The molecule has 0 atom stereocenters. The lowest BCUT2D eigenvalue weighted by molar-refractivity contribution is -0.384. The number of nitro groups is 1. The van der Waals surface area contributed by atoms with E-state index >= 15 is 0 Å². The Bertz CT molecular complexity index is 965. The van der Waals surface area contributed by atoms with E-state index in [-0.39, 0.29) is 11.3 Å². The Balaban J connectivity index is 1.64. The molecule has 10 nitrogen and oxygen atoms in total. The van der Waals surface area contributed by atoms with Crippen molar-refractivity contribution in [2.24, 2.45) is 0 Å². The zero-order chi connectivity index (χ0) is 22.4. The second-order valence-corrected chi connectivity index (χ2v) is 6.88. The quantitative estimate of drug-likeness (QED) is 0.386. The number of nitrogens with zero attached hydrogens (tertiary/aromatic N) is 2. The maximum absolute atomic E-state index is 12.3. The van der Waals surface area contributed by atoms with Gasteiger partial charge in [-0.1, -0.05) is 0 Å². The van der Waals surface area contributed by atoms with E-state index in [2.05, 4.69) is 5.32 Å². The maximum Gasteiger partial charge on any atom is 0.338 e. The molecule has 0 saturated carbocycles. The van der Waals surface area contributed by atoms with E-state index < -0.39 is 23.4 Å². The predicted octanol–water partition coefficient (Wildman–Crippen LogP) is 3.01. The summed E-state index contributed by atoms with van der Waals surface area (Å²) in [7, 11) is 2.96. The third-order valence-corrected chi connectivity index (χ3v) is 4.82. The number of methoxy groups -OCH3 is 2. The molecular formula is C21H23N3O7. The fourth-order valence-corrected chi connectivity index (χ4v) is 3.31. The number of amides is 1. The van der Waals surface area contributed by atoms with Gasteiger partial charge in [-0.05, 0) is 25.0 Å². The first-order valence-corrected chi connectivity index (χ1v) is 9.64. The Labute approximate surface area is 178 Å². The van der Waals surface area contributed by atoms with Crippen LogP contribution >= 0.6 is 0 Å². The molecule has 2 aromatic rings. The van der Waals surface area contributed by atoms with E-state index in [0.717, 1.165) is 25.9 Å². The molecule has 0 aromatic heterocycles. The molecule has 1 heterocycles. The molecule has 31 heavy (non-hydrogen) atoms. The van der Waals surface area contributed by atoms with Crippen LogP contribution < -0.4 is 19.7 Å². The number of carbonyl (C=O) groups is 2. The summed E-state index contributed by atoms with van der Waals surface area (Å²) in [6, 6.07) is 9.01. The van der Waals surface area contributed by atoms with Gasteiger partial charge in [-0.3, -0.25) is 14.9 Å². The van der Waals surface area contributed by atoms with E-state index in [1.165, 1.54) is 26.4 Å². The Kier molecular flexibility index (Phi) is 6.91. The Morgan fingerprint density at radius 1 is 1.06 bits per heavy atom. The van der Waals surface area contributed by atoms with Crippen LogP contribution in [0.25, 0.3) is 0 Å². The third-order valence-electron chi connectivity index (χ3n) is 4.82. The Morgan fingerprint density at radius 2 is 1.71 bits per heavy atom. The number of anilines is 2. The SMILES string of the molecule is COc1cc(NC(=O)COC(=O)c2ccc(N3CCCC3)c([N+](=O)[O-])c2)cc(OC)c1. The number of rotatable bonds is 8. The van der Waals surface area contributed by atoms with Crippen LogP contribution in [0.5, 0.6) is 11.5 Å². The minimum absolute atomic E-state index is 0.00509. The van der Waals surface area contributed by atoms with Crippen LogP contribution in [0.3, 0.4) is 0 Å². The zero-order valence-corrected chi connectivity index (χ0v) is 17.3. The van der Waals surface area contributed by atoms with Crippen LogP contribution in [0.1, 0.15) is 23.2 Å². The number of nitrogens with one attached hydrogen (secondary N) is 1. The first kappa shape index (κ1) is 21.9. The van der Waals surface area contributed by atoms with Gasteiger partial charge in [0.25, 0.3) is 11.6 Å². The molecule has 0 aliphatic carbocycles. The third kappa shape index (κ3) is 5.41. The highest BCUT2D eigenvalue weighted by Gasteiger charge is 2.24. The minimum Gasteiger partial charge on any atom is -0.497 e. The molecule has 1 fully saturated rings. The number of esters is 1. The van der Waals surface area contributed by atoms with Gasteiger partial charge in [0.1, 0.15) is 17.2 Å². The van der Waals surface area contributed by atoms with E-state index in [4.69, 9.17) is 14.2 Å². The number of benzene rings is 2. The molecule has 164 valence electrons. The van der Waals surface area contributed by atoms with Gasteiger partial charge >= 0.3 is 5.97 Å². The topological polar surface area (TPSA) is 120 Å². The molecule has 0 radical (unpaired) electrons. The van der Waals surface area contributed by atoms with Crippen LogP contribution in [0.15, 0.2) is 36.4 Å². The lowest BCUT2D eigenvalue weighted by Gasteiger charge is -2.17. The number of carbonyl (C=O) groups excluding carboxylic acids is 2. The minimum atomic E-state index is -0.825. The van der Waals surface area contributed by atoms with Gasteiger partial charge in [0, 0.05) is 43.0 Å². The standard InChI is InChI=1S/C21H23N3O7/c1-29-16-10-15(11-17(12-16)30-2)22-20(25)13-31-21(26)14-5-6-18(19(9-14)24(27)28)23-7-3-4-8-23/h5-6,9-12H,3-4,7-8,13H2,1-2H3,(H,22,25). The average molecular weight is 429 g/mol. The largest absolute Gasteiger partial charge is 0.497 e. The van der Waals surface area contributed by atoms with Crippen molar-refractivity contribution in [3.63, 3.8) is 0 Å². The fourth-order valence-electron chi connectivity index (χ4n) is 3.31. The van der Waals surface area contributed by atoms with Crippen LogP contribution in [0.2, 0.25) is 0 Å². The maximum atomic E-state index is 12.3. The van der Waals surface area contributed by atoms with Crippen molar-refractivity contribution in [2.75, 3.05) is 44.1 Å². The monoisotopic (exact) mass is 429 g/mol. The summed E-state index contributed by atoms with van der Waals surface area (Å²) in [5.74, 6) is -0.435. The summed E-state index contributed by atoms with van der Waals surface area (Å²) in [6.07, 6.45) is 1.93. The smallest absolute Gasteiger partial charge is 0.338 e. The molecule has 3 rings (SSSR count). The van der Waals surface area contributed by atoms with Gasteiger partial charge in [-0.15, -0.1) is 0 Å². The van der Waals surface area contributed by atoms with Crippen molar-refractivity contribution in [1.29, 1.82) is 0 Å². The lowest BCUT2D eigenvalue weighted by atomic mass is 10.1. The normalized spacial score (nSPS) is 12.9. The first-order valence-electron chi connectivity index (χ1n) is 9.64. The number of hydrogen-bond acceptors (Lipinski definition) is 8. The van der Waals surface area contributed by atoms with Crippen molar-refractivity contribution in [1.82, 2.24) is 0 Å². The van der Waals surface area contributed by atoms with Gasteiger partial charge in [-0.2, -0.15) is 0 Å². The van der Waals surface area contributed by atoms with Gasteiger partial charge in [0.15, 0.2) is 6.61 Å². The summed E-state index contributed by atoms with van der Waals surface area (Å²) < 4.78 is 15.3. The van der Waals surface area contributed by atoms with Crippen molar-refractivity contribution >= 4 is 28.9 Å². The average Bonchev–Trinajstić information content (AvgIpc) is 3.31. The summed E-state index contributed by atoms with van der Waals surface area (Å²) in [4.78, 5) is 37.4. The molecule has 0 spiro atoms. The van der Waals surface area contributed by atoms with Crippen LogP contribution in [0, 0.1) is 10.1 Å². The van der Waals surface area contributed by atoms with Crippen LogP contribution in [-0.4, -0.2) is 50.7 Å². The van der Waals surface area contributed by atoms with E-state index in [9.17, 15) is 19.7 Å². The highest BCUT2D eigenvalue weighted by Crippen LogP contribution is 2.32. The first-order chi connectivity index (χ1) is 14.9. The summed E-state index contributed by atoms with van der Waals surface area (Å²) in [5.41, 5.74) is 0.724. The number of nitro benzene ring substituents is 1. The number of hydrogen-bond donors (Lipinski definition) is 1. The molecular weight excluding hydrogens is 406 g/mol. The fraction of sp³-hybridized carbons (Fsp3) is 0.333. The van der Waals surface area contributed by atoms with Crippen molar-refractivity contribution < 1.29 is 28.7 Å². The van der Waals surface area contributed by atoms with Gasteiger partial charge in [0.2, 0.25) is 0 Å². The van der Waals surface area contributed by atoms with Crippen LogP contribution in [-0.2, 0) is 9.53 Å². The molecule has 0 bridgehead atoms. The second kappa shape index (κ2) is 9.79. The van der Waals surface area contributed by atoms with Crippen LogP contribution in [0.4, 0.5) is 17.1 Å². The Morgan fingerprint density at radius 3 is 2.29 bits per heavy atom. The lowest BCUT2D eigenvalue weighted by Crippen LogP contribution is -2.21. The molecule has 0 unspecified atom stereocenters. The Hall–Kier alpha value is -3.82. The van der Waals surface area contributed by atoms with Crippen molar-refractivity contribution in [2.45, 2.75) is 12.8 Å². The van der Waals surface area contributed by atoms with Crippen molar-refractivity contribution in [3.05, 3.63) is 52.1 Å². The number of ether oxygens (including phenoxy) is 3. The van der Waals surface area contributed by atoms with Gasteiger partial charge in [0.05, 0.1) is 24.7 Å². The molecule has 2 aromatic carbocycles. The predicted molar refractivity (Wildman–Crippen MR) is 113 cm³/mol. The van der Waals surface area contributed by atoms with Gasteiger partial charge in [-0.25, -0.2) is 4.79 Å². The molecule has 1 aliphatic rings. The highest BCUT2D eigenvalue weighted by atomic mass is 16.6. The van der Waals surface area contributed by atoms with E-state index in [0.29, 0.717) is 22.9 Å². The molecule has 10 heteroatoms. The molecule has 1 aliphatic heterocycles. The highest BCUT2D eigenvalue weighted by molar-refractivity contribution is 5.96. The molecule has 1 amide bonds. The van der Waals surface area contributed by atoms with E-state index in [1.54, 1.807) is 24.3 Å². The summed E-state index contributed by atoms with van der Waals surface area (Å²) >= 11 is 0. The molecule has 1 saturated heterocycles. The molecule has 1 N–H and O–H groups in total. The van der Waals surface area contributed by atoms with E-state index in [1.807, 2.05) is 4.90 Å². The second-order valence-electron chi connectivity index (χ2n) is 6.88.